The molecule has 1 aromatic heterocycles. The van der Waals surface area contributed by atoms with Crippen molar-refractivity contribution < 1.29 is 27.9 Å². The van der Waals surface area contributed by atoms with Crippen LogP contribution in [0.25, 0.3) is 0 Å². The Hall–Kier alpha value is -2.98. The maximum absolute atomic E-state index is 13.6. The molecule has 1 aliphatic rings. The summed E-state index contributed by atoms with van der Waals surface area (Å²) >= 11 is 0. The summed E-state index contributed by atoms with van der Waals surface area (Å²) in [6, 6.07) is 7.51. The van der Waals surface area contributed by atoms with Crippen molar-refractivity contribution in [2.75, 3.05) is 13.7 Å². The Labute approximate surface area is 196 Å². The van der Waals surface area contributed by atoms with Crippen molar-refractivity contribution in [3.63, 3.8) is 0 Å². The predicted molar refractivity (Wildman–Crippen MR) is 124 cm³/mol. The predicted octanol–water partition coefficient (Wildman–Crippen LogP) is 2.43. The van der Waals surface area contributed by atoms with Gasteiger partial charge in [-0.2, -0.15) is 5.09 Å². The van der Waals surface area contributed by atoms with E-state index in [1.54, 1.807) is 49.4 Å². The average Bonchev–Trinajstić information content (AvgIpc) is 3.29. The van der Waals surface area contributed by atoms with E-state index in [0.717, 1.165) is 0 Å². The first-order valence-electron chi connectivity index (χ1n) is 10.8. The molecule has 1 unspecified atom stereocenters. The molecule has 1 aliphatic heterocycles. The third-order valence-electron chi connectivity index (χ3n) is 4.98. The van der Waals surface area contributed by atoms with Gasteiger partial charge in [0.2, 0.25) is 0 Å². The lowest BCUT2D eigenvalue weighted by Gasteiger charge is -2.25. The lowest BCUT2D eigenvalue weighted by atomic mass is 10.2. The first-order chi connectivity index (χ1) is 16.2. The quantitative estimate of drug-likeness (QED) is 0.275. The van der Waals surface area contributed by atoms with Crippen LogP contribution in [-0.2, 0) is 23.4 Å². The van der Waals surface area contributed by atoms with Crippen molar-refractivity contribution in [1.29, 1.82) is 0 Å². The van der Waals surface area contributed by atoms with Crippen molar-refractivity contribution in [2.45, 2.75) is 45.1 Å². The van der Waals surface area contributed by atoms with E-state index in [9.17, 15) is 18.9 Å². The summed E-state index contributed by atoms with van der Waals surface area (Å²) in [5.41, 5.74) is -0.737. The maximum Gasteiger partial charge on any atom is 0.459 e. The van der Waals surface area contributed by atoms with E-state index in [1.165, 1.54) is 17.9 Å². The molecule has 0 amide bonds. The van der Waals surface area contributed by atoms with Gasteiger partial charge in [-0.05, 0) is 31.6 Å². The number of benzene rings is 1. The molecule has 12 heteroatoms. The summed E-state index contributed by atoms with van der Waals surface area (Å²) < 4.78 is 36.7. The molecule has 184 valence electrons. The number of methoxy groups -OCH3 is 1. The molecule has 1 aromatic carbocycles. The Morgan fingerprint density at radius 3 is 2.68 bits per heavy atom. The molecule has 4 atom stereocenters. The molecule has 0 saturated heterocycles. The number of para-hydroxylation sites is 1. The average molecular weight is 493 g/mol. The number of aryl methyl sites for hydroxylation is 1. The first kappa shape index (κ1) is 25.6. The van der Waals surface area contributed by atoms with Gasteiger partial charge in [-0.15, -0.1) is 0 Å². The summed E-state index contributed by atoms with van der Waals surface area (Å²) in [5, 5.41) is 2.68. The minimum absolute atomic E-state index is 0.193. The molecule has 11 nitrogen and oxygen atoms in total. The van der Waals surface area contributed by atoms with E-state index < -0.39 is 43.3 Å². The summed E-state index contributed by atoms with van der Waals surface area (Å²) in [6.45, 7) is 3.26. The molecule has 2 heterocycles. The van der Waals surface area contributed by atoms with E-state index in [2.05, 4.69) is 10.1 Å². The third-order valence-corrected chi connectivity index (χ3v) is 6.55. The van der Waals surface area contributed by atoms with E-state index in [-0.39, 0.29) is 12.4 Å². The third kappa shape index (κ3) is 6.54. The SMILES string of the molecule is CCC[C@H](NP(=O)(OC[C@@H]1C=C[C@H](n2cc(C)c(=O)[nH]c2=O)O1)Oc1ccccc1)C(=O)OC. The number of carbonyl (C=O) groups is 1. The van der Waals surface area contributed by atoms with Gasteiger partial charge >= 0.3 is 19.4 Å². The Kier molecular flexibility index (Phi) is 8.62. The standard InChI is InChI=1S/C22H28N3O8P/c1-4-8-18(21(27)30-3)24-34(29,33-16-9-6-5-7-10-16)31-14-17-11-12-19(32-17)25-13-15(2)20(26)23-22(25)28/h5-7,9-13,17-19H,4,8,14H2,1-3H3,(H,24,29)(H,23,26,28)/t17-,18-,19+,34?/m0/s1. The van der Waals surface area contributed by atoms with Crippen LogP contribution in [0.15, 0.2) is 58.3 Å². The number of hydrogen-bond donors (Lipinski definition) is 2. The fraction of sp³-hybridized carbons (Fsp3) is 0.409. The highest BCUT2D eigenvalue weighted by molar-refractivity contribution is 7.52. The van der Waals surface area contributed by atoms with E-state index in [4.69, 9.17) is 18.5 Å². The zero-order valence-electron chi connectivity index (χ0n) is 19.1. The first-order valence-corrected chi connectivity index (χ1v) is 12.3. The highest BCUT2D eigenvalue weighted by Crippen LogP contribution is 2.45. The molecular formula is C22H28N3O8P. The van der Waals surface area contributed by atoms with Gasteiger partial charge in [0.1, 0.15) is 17.9 Å². The second-order valence-electron chi connectivity index (χ2n) is 7.62. The minimum Gasteiger partial charge on any atom is -0.468 e. The second-order valence-corrected chi connectivity index (χ2v) is 9.31. The number of H-pyrrole nitrogens is 1. The van der Waals surface area contributed by atoms with Gasteiger partial charge in [0.25, 0.3) is 5.56 Å². The van der Waals surface area contributed by atoms with Crippen molar-refractivity contribution in [3.8, 4) is 5.75 Å². The van der Waals surface area contributed by atoms with Gasteiger partial charge in [0.15, 0.2) is 6.23 Å². The van der Waals surface area contributed by atoms with Crippen LogP contribution in [0.5, 0.6) is 5.75 Å². The van der Waals surface area contributed by atoms with Crippen molar-refractivity contribution in [1.82, 2.24) is 14.6 Å². The molecule has 0 fully saturated rings. The zero-order valence-corrected chi connectivity index (χ0v) is 20.0. The number of nitrogens with one attached hydrogen (secondary N) is 2. The van der Waals surface area contributed by atoms with E-state index in [1.807, 2.05) is 6.92 Å². The van der Waals surface area contributed by atoms with Crippen LogP contribution in [0.1, 0.15) is 31.6 Å². The maximum atomic E-state index is 13.6. The fourth-order valence-electron chi connectivity index (χ4n) is 3.26. The molecule has 3 rings (SSSR count). The van der Waals surface area contributed by atoms with Gasteiger partial charge in [-0.25, -0.2) is 9.36 Å². The van der Waals surface area contributed by atoms with Crippen LogP contribution in [0, 0.1) is 6.92 Å². The summed E-state index contributed by atoms with van der Waals surface area (Å²) in [6.07, 6.45) is 4.21. The van der Waals surface area contributed by atoms with Gasteiger partial charge in [-0.3, -0.25) is 23.7 Å². The van der Waals surface area contributed by atoms with Crippen LogP contribution in [0.4, 0.5) is 0 Å². The number of hydrogen-bond acceptors (Lipinski definition) is 8. The molecule has 0 bridgehead atoms. The molecule has 0 saturated carbocycles. The topological polar surface area (TPSA) is 138 Å². The van der Waals surface area contributed by atoms with Crippen molar-refractivity contribution >= 4 is 13.7 Å². The smallest absolute Gasteiger partial charge is 0.459 e. The molecule has 2 aromatic rings. The second kappa shape index (κ2) is 11.4. The zero-order chi connectivity index (χ0) is 24.7. The Morgan fingerprint density at radius 2 is 2.00 bits per heavy atom. The molecule has 0 radical (unpaired) electrons. The molecule has 34 heavy (non-hydrogen) atoms. The number of aromatic amines is 1. The summed E-state index contributed by atoms with van der Waals surface area (Å²) in [5.74, 6) is -0.304. The monoisotopic (exact) mass is 493 g/mol. The Morgan fingerprint density at radius 1 is 1.26 bits per heavy atom. The molecule has 0 spiro atoms. The number of ether oxygens (including phenoxy) is 2. The van der Waals surface area contributed by atoms with Gasteiger partial charge in [0, 0.05) is 11.8 Å². The Bertz CT molecular complexity index is 1180. The number of carbonyl (C=O) groups excluding carboxylic acids is 1. The highest BCUT2D eigenvalue weighted by Gasteiger charge is 2.35. The number of rotatable bonds is 11. The number of nitrogens with zero attached hydrogens (tertiary/aromatic N) is 1. The van der Waals surface area contributed by atoms with E-state index >= 15 is 0 Å². The molecular weight excluding hydrogens is 465 g/mol. The Balaban J connectivity index is 1.73. The summed E-state index contributed by atoms with van der Waals surface area (Å²) in [4.78, 5) is 38.1. The van der Waals surface area contributed by atoms with Crippen LogP contribution in [0.3, 0.4) is 0 Å². The van der Waals surface area contributed by atoms with Gasteiger partial charge in [-0.1, -0.05) is 37.6 Å². The minimum atomic E-state index is -4.04. The van der Waals surface area contributed by atoms with E-state index in [0.29, 0.717) is 18.4 Å². The number of esters is 1. The van der Waals surface area contributed by atoms with Gasteiger partial charge < -0.3 is 14.0 Å². The molecule has 2 N–H and O–H groups in total. The lowest BCUT2D eigenvalue weighted by molar-refractivity contribution is -0.142. The number of aromatic nitrogens is 2. The van der Waals surface area contributed by atoms with Gasteiger partial charge in [0.05, 0.1) is 13.7 Å². The van der Waals surface area contributed by atoms with Crippen LogP contribution < -0.4 is 20.9 Å². The van der Waals surface area contributed by atoms with Crippen LogP contribution >= 0.6 is 7.75 Å². The normalized spacial score (nSPS) is 20.0. The highest BCUT2D eigenvalue weighted by atomic mass is 31.2. The van der Waals surface area contributed by atoms with Crippen molar-refractivity contribution in [3.05, 3.63) is 75.1 Å². The largest absolute Gasteiger partial charge is 0.468 e. The van der Waals surface area contributed by atoms with Crippen LogP contribution in [0.2, 0.25) is 0 Å². The summed E-state index contributed by atoms with van der Waals surface area (Å²) in [7, 11) is -2.80. The van der Waals surface area contributed by atoms with Crippen LogP contribution in [-0.4, -0.2) is 41.4 Å². The van der Waals surface area contributed by atoms with Crippen molar-refractivity contribution in [2.24, 2.45) is 0 Å². The fourth-order valence-corrected chi connectivity index (χ4v) is 4.79. The lowest BCUT2D eigenvalue weighted by Crippen LogP contribution is -2.37. The molecule has 0 aliphatic carbocycles.